The van der Waals surface area contributed by atoms with Gasteiger partial charge >= 0.3 is 6.03 Å². The second-order valence-electron chi connectivity index (χ2n) is 7.21. The monoisotopic (exact) mass is 364 g/mol. The van der Waals surface area contributed by atoms with Gasteiger partial charge in [0.2, 0.25) is 0 Å². The number of carbonyl (C=O) groups is 1. The van der Waals surface area contributed by atoms with E-state index >= 15 is 0 Å². The Morgan fingerprint density at radius 2 is 2.19 bits per heavy atom. The minimum atomic E-state index is -0.458. The predicted octanol–water partition coefficient (Wildman–Crippen LogP) is 1.03. The van der Waals surface area contributed by atoms with Gasteiger partial charge in [-0.1, -0.05) is 6.07 Å². The van der Waals surface area contributed by atoms with Crippen LogP contribution in [-0.4, -0.2) is 49.8 Å². The van der Waals surface area contributed by atoms with Crippen LogP contribution in [0.2, 0.25) is 0 Å². The maximum absolute atomic E-state index is 12.5. The number of hydrogen-bond donors (Lipinski definition) is 3. The lowest BCUT2D eigenvalue weighted by atomic mass is 10.1. The first-order valence-electron chi connectivity index (χ1n) is 9.04. The molecule has 2 unspecified atom stereocenters. The second-order valence-corrected chi connectivity index (χ2v) is 7.21. The summed E-state index contributed by atoms with van der Waals surface area (Å²) in [6.45, 7) is 2.33. The van der Waals surface area contributed by atoms with Gasteiger partial charge in [0, 0.05) is 24.0 Å². The Morgan fingerprint density at radius 3 is 2.93 bits per heavy atom. The number of aromatic amines is 1. The number of imidazole rings is 1. The quantitative estimate of drug-likeness (QED) is 0.749. The number of urea groups is 1. The summed E-state index contributed by atoms with van der Waals surface area (Å²) in [5.41, 5.74) is 9.04. The molecule has 4 heterocycles. The summed E-state index contributed by atoms with van der Waals surface area (Å²) in [6.07, 6.45) is 5.56. The van der Waals surface area contributed by atoms with Gasteiger partial charge in [0.1, 0.15) is 11.9 Å². The Kier molecular flexibility index (Phi) is 3.49. The van der Waals surface area contributed by atoms with E-state index in [0.29, 0.717) is 30.0 Å². The van der Waals surface area contributed by atoms with Gasteiger partial charge in [-0.25, -0.2) is 19.8 Å². The molecule has 1 aliphatic carbocycles. The number of fused-ring (bicyclic) bond motifs is 1. The minimum absolute atomic E-state index is 0.216. The Morgan fingerprint density at radius 1 is 1.33 bits per heavy atom. The molecule has 2 atom stereocenters. The number of amides is 2. The molecule has 9 heteroatoms. The first-order chi connectivity index (χ1) is 13.1. The van der Waals surface area contributed by atoms with Crippen molar-refractivity contribution >= 4 is 17.7 Å². The van der Waals surface area contributed by atoms with Crippen LogP contribution in [0.15, 0.2) is 34.5 Å². The molecule has 138 valence electrons. The molecule has 27 heavy (non-hydrogen) atoms. The smallest absolute Gasteiger partial charge is 0.320 e. The Labute approximate surface area is 155 Å². The number of nitrogens with two attached hydrogens (primary N) is 1. The van der Waals surface area contributed by atoms with Crippen LogP contribution in [0.4, 0.5) is 4.79 Å². The van der Waals surface area contributed by atoms with Gasteiger partial charge in [0.25, 0.3) is 0 Å². The zero-order valence-electron chi connectivity index (χ0n) is 14.9. The van der Waals surface area contributed by atoms with Crippen LogP contribution in [0.3, 0.4) is 0 Å². The Bertz CT molecular complexity index is 956. The van der Waals surface area contributed by atoms with Crippen LogP contribution in [0.5, 0.6) is 0 Å². The van der Waals surface area contributed by atoms with Crippen LogP contribution in [-0.2, 0) is 6.54 Å². The predicted molar refractivity (Wildman–Crippen MR) is 99.3 cm³/mol. The SMILES string of the molecule is Cc1ccc(CN2C(=O)NC3C(N)=NC(c4nc(C5CC5)c[nH]4)=NC32)cn1. The van der Waals surface area contributed by atoms with Crippen molar-refractivity contribution in [2.24, 2.45) is 15.7 Å². The number of pyridine rings is 1. The summed E-state index contributed by atoms with van der Waals surface area (Å²) in [5.74, 6) is 1.90. The van der Waals surface area contributed by atoms with Crippen molar-refractivity contribution in [3.63, 3.8) is 0 Å². The number of rotatable bonds is 4. The van der Waals surface area contributed by atoms with Crippen molar-refractivity contribution in [1.29, 1.82) is 0 Å². The summed E-state index contributed by atoms with van der Waals surface area (Å²) in [7, 11) is 0. The minimum Gasteiger partial charge on any atom is -0.385 e. The van der Waals surface area contributed by atoms with E-state index in [9.17, 15) is 4.79 Å². The number of nitrogens with zero attached hydrogens (tertiary/aromatic N) is 5. The van der Waals surface area contributed by atoms with E-state index in [2.05, 4.69) is 30.3 Å². The first kappa shape index (κ1) is 16.0. The van der Waals surface area contributed by atoms with Crippen molar-refractivity contribution in [2.45, 2.75) is 44.4 Å². The van der Waals surface area contributed by atoms with Gasteiger partial charge in [-0.2, -0.15) is 0 Å². The van der Waals surface area contributed by atoms with Crippen molar-refractivity contribution in [3.05, 3.63) is 47.3 Å². The molecule has 2 fully saturated rings. The highest BCUT2D eigenvalue weighted by atomic mass is 16.2. The van der Waals surface area contributed by atoms with Crippen molar-refractivity contribution in [2.75, 3.05) is 0 Å². The number of aliphatic imine (C=N–C) groups is 2. The lowest BCUT2D eigenvalue weighted by Crippen LogP contribution is -2.47. The molecule has 1 saturated heterocycles. The molecule has 0 spiro atoms. The van der Waals surface area contributed by atoms with Gasteiger partial charge in [-0.3, -0.25) is 9.88 Å². The largest absolute Gasteiger partial charge is 0.385 e. The Balaban J connectivity index is 1.44. The maximum Gasteiger partial charge on any atom is 0.320 e. The van der Waals surface area contributed by atoms with Crippen LogP contribution >= 0.6 is 0 Å². The lowest BCUT2D eigenvalue weighted by molar-refractivity contribution is 0.201. The van der Waals surface area contributed by atoms with E-state index in [0.717, 1.165) is 17.0 Å². The maximum atomic E-state index is 12.5. The fourth-order valence-electron chi connectivity index (χ4n) is 3.41. The molecule has 2 aromatic rings. The van der Waals surface area contributed by atoms with Crippen LogP contribution < -0.4 is 11.1 Å². The Hall–Kier alpha value is -3.23. The van der Waals surface area contributed by atoms with Crippen LogP contribution in [0.25, 0.3) is 0 Å². The summed E-state index contributed by atoms with van der Waals surface area (Å²) in [5, 5.41) is 2.87. The third-order valence-electron chi connectivity index (χ3n) is 5.10. The highest BCUT2D eigenvalue weighted by Crippen LogP contribution is 2.39. The van der Waals surface area contributed by atoms with Crippen molar-refractivity contribution in [1.82, 2.24) is 25.2 Å². The molecule has 4 N–H and O–H groups in total. The third kappa shape index (κ3) is 2.84. The zero-order chi connectivity index (χ0) is 18.5. The summed E-state index contributed by atoms with van der Waals surface area (Å²) >= 11 is 0. The fraction of sp³-hybridized carbons (Fsp3) is 0.389. The van der Waals surface area contributed by atoms with E-state index < -0.39 is 12.2 Å². The van der Waals surface area contributed by atoms with Gasteiger partial charge in [-0.05, 0) is 31.4 Å². The number of carbonyl (C=O) groups excluding carboxylic acids is 1. The molecule has 2 amide bonds. The highest BCUT2D eigenvalue weighted by Gasteiger charge is 2.44. The van der Waals surface area contributed by atoms with Gasteiger partial charge in [-0.15, -0.1) is 0 Å². The van der Waals surface area contributed by atoms with E-state index in [-0.39, 0.29) is 6.03 Å². The normalized spacial score (nSPS) is 24.3. The molecule has 3 aliphatic rings. The average molecular weight is 364 g/mol. The summed E-state index contributed by atoms with van der Waals surface area (Å²) < 4.78 is 0. The van der Waals surface area contributed by atoms with Crippen LogP contribution in [0, 0.1) is 6.92 Å². The summed E-state index contributed by atoms with van der Waals surface area (Å²) in [4.78, 5) is 35.2. The van der Waals surface area contributed by atoms with Crippen LogP contribution in [0.1, 0.15) is 41.5 Å². The highest BCUT2D eigenvalue weighted by molar-refractivity contribution is 6.09. The molecule has 2 aliphatic heterocycles. The average Bonchev–Trinajstić information content (AvgIpc) is 3.30. The molecule has 0 aromatic carbocycles. The zero-order valence-corrected chi connectivity index (χ0v) is 14.9. The summed E-state index contributed by atoms with van der Waals surface area (Å²) in [6, 6.07) is 3.24. The van der Waals surface area contributed by atoms with Gasteiger partial charge < -0.3 is 16.0 Å². The number of aromatic nitrogens is 3. The van der Waals surface area contributed by atoms with E-state index in [1.54, 1.807) is 11.1 Å². The second kappa shape index (κ2) is 5.90. The van der Waals surface area contributed by atoms with E-state index in [1.807, 2.05) is 25.3 Å². The number of aryl methyl sites for hydroxylation is 1. The van der Waals surface area contributed by atoms with E-state index in [4.69, 9.17) is 5.73 Å². The molecule has 9 nitrogen and oxygen atoms in total. The molecular formula is C18H20N8O. The first-order valence-corrected chi connectivity index (χ1v) is 9.04. The number of nitrogens with one attached hydrogen (secondary N) is 2. The molecule has 2 aromatic heterocycles. The molecular weight excluding hydrogens is 344 g/mol. The third-order valence-corrected chi connectivity index (χ3v) is 5.10. The number of H-pyrrole nitrogens is 1. The fourth-order valence-corrected chi connectivity index (χ4v) is 3.41. The van der Waals surface area contributed by atoms with Crippen molar-refractivity contribution in [3.8, 4) is 0 Å². The number of amidine groups is 2. The molecule has 1 saturated carbocycles. The number of hydrogen-bond acceptors (Lipinski definition) is 6. The van der Waals surface area contributed by atoms with Gasteiger partial charge in [0.15, 0.2) is 17.8 Å². The lowest BCUT2D eigenvalue weighted by Gasteiger charge is -2.25. The molecule has 5 rings (SSSR count). The topological polar surface area (TPSA) is 125 Å². The van der Waals surface area contributed by atoms with E-state index in [1.165, 1.54) is 12.8 Å². The molecule has 0 radical (unpaired) electrons. The molecule has 0 bridgehead atoms. The van der Waals surface area contributed by atoms with Gasteiger partial charge in [0.05, 0.1) is 12.2 Å². The standard InChI is InChI=1S/C18H20N8O/c1-9-2-3-10(6-20-9)8-26-17-13(23-18(26)27)14(19)24-16(25-17)15-21-7-12(22-15)11-4-5-11/h2-3,6-7,11,13,17H,4-5,8H2,1H3,(H,21,22)(H,23,27)(H2,19,24,25). The van der Waals surface area contributed by atoms with Crippen molar-refractivity contribution < 1.29 is 4.79 Å².